The van der Waals surface area contributed by atoms with Crippen LogP contribution in [0.15, 0.2) is 0 Å². The van der Waals surface area contributed by atoms with Gasteiger partial charge in [-0.15, -0.1) is 0 Å². The molecule has 2 N–H and O–H groups in total. The maximum absolute atomic E-state index is 12.3. The fourth-order valence-corrected chi connectivity index (χ4v) is 2.16. The van der Waals surface area contributed by atoms with Gasteiger partial charge in [0.1, 0.15) is 0 Å². The highest BCUT2D eigenvalue weighted by molar-refractivity contribution is 5.86. The number of carbonyl (C=O) groups is 1. The Hall–Kier alpha value is -0.610. The number of hydrogen-bond donors (Lipinski definition) is 2. The van der Waals surface area contributed by atoms with Gasteiger partial charge in [0.05, 0.1) is 18.2 Å². The number of nitrogens with one attached hydrogen (secondary N) is 2. The Kier molecular flexibility index (Phi) is 5.40. The topological polar surface area (TPSA) is 50.4 Å². The van der Waals surface area contributed by atoms with E-state index in [4.69, 9.17) is 4.74 Å². The monoisotopic (exact) mass is 242 g/mol. The molecule has 4 nitrogen and oxygen atoms in total. The summed E-state index contributed by atoms with van der Waals surface area (Å²) in [5.74, 6) is 0.485. The first-order chi connectivity index (χ1) is 7.99. The molecule has 2 unspecified atom stereocenters. The molecule has 0 radical (unpaired) electrons. The van der Waals surface area contributed by atoms with Crippen molar-refractivity contribution in [3.05, 3.63) is 0 Å². The first-order valence-electron chi connectivity index (χ1n) is 6.54. The van der Waals surface area contributed by atoms with E-state index in [1.165, 1.54) is 0 Å². The summed E-state index contributed by atoms with van der Waals surface area (Å²) in [5.41, 5.74) is -0.404. The molecule has 0 aromatic heterocycles. The molecular formula is C13H26N2O2. The molecule has 0 aromatic carbocycles. The lowest BCUT2D eigenvalue weighted by atomic mass is 9.89. The predicted octanol–water partition coefficient (Wildman–Crippen LogP) is 1.31. The first-order valence-corrected chi connectivity index (χ1v) is 6.54. The Bertz CT molecular complexity index is 248. The molecule has 0 spiro atoms. The summed E-state index contributed by atoms with van der Waals surface area (Å²) in [6.07, 6.45) is 3.19. The molecule has 0 aromatic rings. The molecule has 1 saturated heterocycles. The summed E-state index contributed by atoms with van der Waals surface area (Å²) in [5, 5.41) is 6.43. The van der Waals surface area contributed by atoms with E-state index in [2.05, 4.69) is 24.5 Å². The molecule has 1 aliphatic heterocycles. The zero-order valence-electron chi connectivity index (χ0n) is 11.5. The van der Waals surface area contributed by atoms with E-state index in [1.807, 2.05) is 6.92 Å². The van der Waals surface area contributed by atoms with E-state index in [9.17, 15) is 4.79 Å². The van der Waals surface area contributed by atoms with Crippen LogP contribution in [0.2, 0.25) is 0 Å². The molecule has 17 heavy (non-hydrogen) atoms. The van der Waals surface area contributed by atoms with Gasteiger partial charge in [-0.25, -0.2) is 0 Å². The number of rotatable bonds is 5. The van der Waals surface area contributed by atoms with E-state index in [-0.39, 0.29) is 11.9 Å². The number of methoxy groups -OCH3 is 1. The van der Waals surface area contributed by atoms with E-state index in [0.717, 1.165) is 25.8 Å². The van der Waals surface area contributed by atoms with Crippen LogP contribution in [-0.2, 0) is 9.53 Å². The Labute approximate surface area is 104 Å². The summed E-state index contributed by atoms with van der Waals surface area (Å²) in [4.78, 5) is 12.3. The fourth-order valence-electron chi connectivity index (χ4n) is 2.16. The summed E-state index contributed by atoms with van der Waals surface area (Å²) in [7, 11) is 1.67. The molecule has 1 aliphatic rings. The zero-order valence-corrected chi connectivity index (χ0v) is 11.5. The second kappa shape index (κ2) is 6.36. The Morgan fingerprint density at radius 1 is 1.47 bits per heavy atom. The minimum atomic E-state index is -0.404. The molecule has 1 rings (SSSR count). The van der Waals surface area contributed by atoms with Gasteiger partial charge in [0.25, 0.3) is 0 Å². The van der Waals surface area contributed by atoms with Gasteiger partial charge in [-0.05, 0) is 38.6 Å². The lowest BCUT2D eigenvalue weighted by Crippen LogP contribution is -2.59. The average Bonchev–Trinajstić information content (AvgIpc) is 2.29. The molecular weight excluding hydrogens is 216 g/mol. The van der Waals surface area contributed by atoms with Crippen molar-refractivity contribution in [3.63, 3.8) is 0 Å². The number of hydrogen-bond acceptors (Lipinski definition) is 3. The summed E-state index contributed by atoms with van der Waals surface area (Å²) < 4.78 is 5.15. The van der Waals surface area contributed by atoms with Gasteiger partial charge >= 0.3 is 0 Å². The van der Waals surface area contributed by atoms with Crippen LogP contribution in [0.3, 0.4) is 0 Å². The second-order valence-corrected chi connectivity index (χ2v) is 5.50. The number of ether oxygens (including phenoxy) is 1. The quantitative estimate of drug-likeness (QED) is 0.764. The molecule has 4 heteroatoms. The largest absolute Gasteiger partial charge is 0.383 e. The van der Waals surface area contributed by atoms with Gasteiger partial charge in [0.2, 0.25) is 5.91 Å². The molecule has 2 atom stereocenters. The predicted molar refractivity (Wildman–Crippen MR) is 68.9 cm³/mol. The molecule has 1 heterocycles. The van der Waals surface area contributed by atoms with Gasteiger partial charge in [0, 0.05) is 7.11 Å². The molecule has 0 saturated carbocycles. The van der Waals surface area contributed by atoms with Crippen molar-refractivity contribution in [2.45, 2.75) is 51.6 Å². The highest BCUT2D eigenvalue weighted by atomic mass is 16.5. The fraction of sp³-hybridized carbons (Fsp3) is 0.923. The van der Waals surface area contributed by atoms with Gasteiger partial charge < -0.3 is 15.4 Å². The van der Waals surface area contributed by atoms with Crippen molar-refractivity contribution >= 4 is 5.91 Å². The standard InChI is InChI=1S/C13H26N2O2/c1-10(2)11(9-17-4)15-12(16)13(3)7-5-6-8-14-13/h10-11,14H,5-9H2,1-4H3,(H,15,16). The van der Waals surface area contributed by atoms with E-state index < -0.39 is 5.54 Å². The van der Waals surface area contributed by atoms with Crippen LogP contribution in [-0.4, -0.2) is 37.7 Å². The van der Waals surface area contributed by atoms with Crippen LogP contribution in [0.5, 0.6) is 0 Å². The van der Waals surface area contributed by atoms with Crippen molar-refractivity contribution in [2.24, 2.45) is 5.92 Å². The van der Waals surface area contributed by atoms with Gasteiger partial charge in [-0.3, -0.25) is 4.79 Å². The van der Waals surface area contributed by atoms with Gasteiger partial charge in [0.15, 0.2) is 0 Å². The number of carbonyl (C=O) groups excluding carboxylic acids is 1. The van der Waals surface area contributed by atoms with Crippen LogP contribution in [0, 0.1) is 5.92 Å². The molecule has 1 amide bonds. The normalized spacial score (nSPS) is 26.9. The second-order valence-electron chi connectivity index (χ2n) is 5.50. The van der Waals surface area contributed by atoms with Gasteiger partial charge in [-0.1, -0.05) is 13.8 Å². The van der Waals surface area contributed by atoms with Crippen molar-refractivity contribution in [2.75, 3.05) is 20.3 Å². The van der Waals surface area contributed by atoms with Crippen molar-refractivity contribution in [1.82, 2.24) is 10.6 Å². The maximum Gasteiger partial charge on any atom is 0.240 e. The SMILES string of the molecule is COCC(NC(=O)C1(C)CCCCN1)C(C)C. The zero-order chi connectivity index (χ0) is 12.9. The highest BCUT2D eigenvalue weighted by Gasteiger charge is 2.35. The first kappa shape index (κ1) is 14.5. The number of piperidine rings is 1. The van der Waals surface area contributed by atoms with Crippen LogP contribution in [0.25, 0.3) is 0 Å². The smallest absolute Gasteiger partial charge is 0.240 e. The van der Waals surface area contributed by atoms with Gasteiger partial charge in [-0.2, -0.15) is 0 Å². The van der Waals surface area contributed by atoms with E-state index in [0.29, 0.717) is 12.5 Å². The summed E-state index contributed by atoms with van der Waals surface area (Å²) in [6, 6.07) is 0.0908. The number of amides is 1. The summed E-state index contributed by atoms with van der Waals surface area (Å²) >= 11 is 0. The van der Waals surface area contributed by atoms with Crippen molar-refractivity contribution in [1.29, 1.82) is 0 Å². The highest BCUT2D eigenvalue weighted by Crippen LogP contribution is 2.19. The maximum atomic E-state index is 12.3. The minimum absolute atomic E-state index is 0.0908. The Balaban J connectivity index is 2.56. The van der Waals surface area contributed by atoms with Crippen LogP contribution >= 0.6 is 0 Å². The molecule has 0 aliphatic carbocycles. The molecule has 1 fully saturated rings. The Morgan fingerprint density at radius 2 is 2.18 bits per heavy atom. The minimum Gasteiger partial charge on any atom is -0.383 e. The third kappa shape index (κ3) is 3.96. The van der Waals surface area contributed by atoms with E-state index in [1.54, 1.807) is 7.11 Å². The molecule has 0 bridgehead atoms. The summed E-state index contributed by atoms with van der Waals surface area (Å²) in [6.45, 7) is 7.69. The third-order valence-corrected chi connectivity index (χ3v) is 3.59. The lowest BCUT2D eigenvalue weighted by Gasteiger charge is -2.35. The van der Waals surface area contributed by atoms with Crippen LogP contribution < -0.4 is 10.6 Å². The van der Waals surface area contributed by atoms with Crippen LogP contribution in [0.4, 0.5) is 0 Å². The van der Waals surface area contributed by atoms with E-state index >= 15 is 0 Å². The Morgan fingerprint density at radius 3 is 2.65 bits per heavy atom. The van der Waals surface area contributed by atoms with Crippen LogP contribution in [0.1, 0.15) is 40.0 Å². The third-order valence-electron chi connectivity index (χ3n) is 3.59. The molecule has 100 valence electrons. The van der Waals surface area contributed by atoms with Crippen molar-refractivity contribution < 1.29 is 9.53 Å². The van der Waals surface area contributed by atoms with Crippen molar-refractivity contribution in [3.8, 4) is 0 Å². The lowest BCUT2D eigenvalue weighted by molar-refractivity contribution is -0.129. The average molecular weight is 242 g/mol.